The maximum Gasteiger partial charge on any atom is 0.223 e. The van der Waals surface area contributed by atoms with Gasteiger partial charge in [-0.05, 0) is 13.3 Å². The Balaban J connectivity index is 2.61. The van der Waals surface area contributed by atoms with Crippen LogP contribution in [0.25, 0.3) is 0 Å². The summed E-state index contributed by atoms with van der Waals surface area (Å²) < 4.78 is 0. The molecule has 0 radical (unpaired) electrons. The minimum Gasteiger partial charge on any atom is -0.369 e. The molecule has 0 aromatic carbocycles. The summed E-state index contributed by atoms with van der Waals surface area (Å²) in [4.78, 5) is 24.0. The fraction of sp³-hybridized carbons (Fsp3) is 0.778. The molecule has 13 heavy (non-hydrogen) atoms. The van der Waals surface area contributed by atoms with Crippen LogP contribution in [0, 0.1) is 5.92 Å². The van der Waals surface area contributed by atoms with E-state index in [1.807, 2.05) is 13.8 Å². The van der Waals surface area contributed by atoms with Gasteiger partial charge in [0.25, 0.3) is 0 Å². The predicted molar refractivity (Wildman–Crippen MR) is 48.8 cm³/mol. The second-order valence-corrected chi connectivity index (χ2v) is 3.61. The molecule has 0 saturated carbocycles. The normalized spacial score (nSPS) is 24.9. The van der Waals surface area contributed by atoms with Crippen LogP contribution in [0.2, 0.25) is 0 Å². The van der Waals surface area contributed by atoms with E-state index >= 15 is 0 Å². The zero-order chi connectivity index (χ0) is 10.0. The number of likely N-dealkylation sites (tertiary alicyclic amines) is 1. The molecule has 1 aliphatic heterocycles. The predicted octanol–water partition coefficient (Wildman–Crippen LogP) is 0.119. The second-order valence-electron chi connectivity index (χ2n) is 3.61. The van der Waals surface area contributed by atoms with Crippen molar-refractivity contribution < 1.29 is 9.59 Å². The molecule has 0 unspecified atom stereocenters. The number of primary amides is 1. The van der Waals surface area contributed by atoms with Crippen LogP contribution in [0.5, 0.6) is 0 Å². The van der Waals surface area contributed by atoms with Gasteiger partial charge in [-0.1, -0.05) is 6.92 Å². The van der Waals surface area contributed by atoms with Gasteiger partial charge in [-0.25, -0.2) is 0 Å². The van der Waals surface area contributed by atoms with Crippen LogP contribution in [0.15, 0.2) is 0 Å². The Morgan fingerprint density at radius 2 is 2.38 bits per heavy atom. The summed E-state index contributed by atoms with van der Waals surface area (Å²) in [5.41, 5.74) is 5.15. The lowest BCUT2D eigenvalue weighted by Crippen LogP contribution is -2.35. The van der Waals surface area contributed by atoms with E-state index in [1.54, 1.807) is 4.90 Å². The van der Waals surface area contributed by atoms with E-state index in [9.17, 15) is 9.59 Å². The van der Waals surface area contributed by atoms with Gasteiger partial charge in [-0.15, -0.1) is 0 Å². The van der Waals surface area contributed by atoms with Crippen molar-refractivity contribution in [3.63, 3.8) is 0 Å². The van der Waals surface area contributed by atoms with Gasteiger partial charge >= 0.3 is 0 Å². The first-order valence-corrected chi connectivity index (χ1v) is 4.65. The molecule has 1 saturated heterocycles. The van der Waals surface area contributed by atoms with Crippen molar-refractivity contribution in [2.45, 2.75) is 32.7 Å². The summed E-state index contributed by atoms with van der Waals surface area (Å²) in [6.45, 7) is 4.51. The van der Waals surface area contributed by atoms with Crippen LogP contribution in [0.1, 0.15) is 26.7 Å². The third kappa shape index (κ3) is 1.99. The van der Waals surface area contributed by atoms with Crippen LogP contribution in [0.3, 0.4) is 0 Å². The third-order valence-electron chi connectivity index (χ3n) is 2.68. The lowest BCUT2D eigenvalue weighted by molar-refractivity contribution is -0.129. The average Bonchev–Trinajstić information content (AvgIpc) is 2.46. The molecule has 0 bridgehead atoms. The summed E-state index contributed by atoms with van der Waals surface area (Å²) in [6, 6.07) is 0.219. The Hall–Kier alpha value is -1.06. The summed E-state index contributed by atoms with van der Waals surface area (Å²) >= 11 is 0. The first-order chi connectivity index (χ1) is 6.06. The molecule has 74 valence electrons. The maximum absolute atomic E-state index is 11.4. The Morgan fingerprint density at radius 3 is 2.77 bits per heavy atom. The van der Waals surface area contributed by atoms with Gasteiger partial charge < -0.3 is 10.6 Å². The minimum absolute atomic E-state index is 0.0538. The molecule has 2 amide bonds. The highest BCUT2D eigenvalue weighted by atomic mass is 16.2. The number of hydrogen-bond acceptors (Lipinski definition) is 2. The summed E-state index contributed by atoms with van der Waals surface area (Å²) in [7, 11) is 0. The smallest absolute Gasteiger partial charge is 0.223 e. The lowest BCUT2D eigenvalue weighted by atomic mass is 10.1. The fourth-order valence-electron chi connectivity index (χ4n) is 1.57. The van der Waals surface area contributed by atoms with Gasteiger partial charge in [0.2, 0.25) is 11.8 Å². The highest BCUT2D eigenvalue weighted by Gasteiger charge is 2.34. The van der Waals surface area contributed by atoms with Crippen molar-refractivity contribution in [3.8, 4) is 0 Å². The van der Waals surface area contributed by atoms with Crippen LogP contribution in [0.4, 0.5) is 0 Å². The van der Waals surface area contributed by atoms with Crippen molar-refractivity contribution in [3.05, 3.63) is 0 Å². The zero-order valence-electron chi connectivity index (χ0n) is 8.12. The molecule has 0 aliphatic carbocycles. The van der Waals surface area contributed by atoms with Gasteiger partial charge in [0.1, 0.15) is 0 Å². The van der Waals surface area contributed by atoms with E-state index in [2.05, 4.69) is 0 Å². The topological polar surface area (TPSA) is 63.4 Å². The molecule has 4 nitrogen and oxygen atoms in total. The molecule has 0 spiro atoms. The largest absolute Gasteiger partial charge is 0.369 e. The van der Waals surface area contributed by atoms with E-state index < -0.39 is 0 Å². The molecule has 1 aliphatic rings. The fourth-order valence-corrected chi connectivity index (χ4v) is 1.57. The Bertz CT molecular complexity index is 228. The Kier molecular flexibility index (Phi) is 2.90. The van der Waals surface area contributed by atoms with E-state index in [4.69, 9.17) is 5.73 Å². The van der Waals surface area contributed by atoms with E-state index in [-0.39, 0.29) is 23.8 Å². The molecule has 1 fully saturated rings. The summed E-state index contributed by atoms with van der Waals surface area (Å²) in [6.07, 6.45) is 1.21. The van der Waals surface area contributed by atoms with Crippen molar-refractivity contribution in [2.24, 2.45) is 11.7 Å². The van der Waals surface area contributed by atoms with Crippen molar-refractivity contribution >= 4 is 11.8 Å². The number of carbonyl (C=O) groups is 2. The van der Waals surface area contributed by atoms with Crippen molar-refractivity contribution in [1.29, 1.82) is 0 Å². The zero-order valence-corrected chi connectivity index (χ0v) is 8.12. The van der Waals surface area contributed by atoms with Gasteiger partial charge in [-0.3, -0.25) is 9.59 Å². The molecular formula is C9H16N2O2. The van der Waals surface area contributed by atoms with Crippen LogP contribution in [-0.2, 0) is 9.59 Å². The lowest BCUT2D eigenvalue weighted by Gasteiger charge is -2.23. The highest BCUT2D eigenvalue weighted by Crippen LogP contribution is 2.20. The molecule has 1 heterocycles. The van der Waals surface area contributed by atoms with Crippen LogP contribution >= 0.6 is 0 Å². The molecule has 2 atom stereocenters. The molecule has 1 rings (SSSR count). The number of nitrogens with zero attached hydrogens (tertiary/aromatic N) is 1. The molecule has 4 heteroatoms. The number of hydrogen-bond donors (Lipinski definition) is 1. The quantitative estimate of drug-likeness (QED) is 0.677. The van der Waals surface area contributed by atoms with Crippen LogP contribution in [-0.4, -0.2) is 29.3 Å². The van der Waals surface area contributed by atoms with Gasteiger partial charge in [-0.2, -0.15) is 0 Å². The summed E-state index contributed by atoms with van der Waals surface area (Å²) in [5.74, 6) is -0.584. The van der Waals surface area contributed by atoms with Crippen molar-refractivity contribution in [1.82, 2.24) is 4.90 Å². The first kappa shape index (κ1) is 10.0. The minimum atomic E-state index is -0.362. The molecular weight excluding hydrogens is 168 g/mol. The second kappa shape index (κ2) is 3.77. The first-order valence-electron chi connectivity index (χ1n) is 4.65. The number of rotatable bonds is 3. The van der Waals surface area contributed by atoms with E-state index in [0.717, 1.165) is 6.42 Å². The van der Waals surface area contributed by atoms with Gasteiger partial charge in [0.15, 0.2) is 0 Å². The third-order valence-corrected chi connectivity index (χ3v) is 2.68. The van der Waals surface area contributed by atoms with Crippen LogP contribution < -0.4 is 5.73 Å². The molecule has 0 aromatic rings. The monoisotopic (exact) mass is 184 g/mol. The average molecular weight is 184 g/mol. The Morgan fingerprint density at radius 1 is 1.77 bits per heavy atom. The number of carbonyl (C=O) groups excluding carboxylic acids is 2. The Labute approximate surface area is 78.1 Å². The SMILES string of the molecule is CC[C@H](C)N1C[C@@H](C(N)=O)CC1=O. The standard InChI is InChI=1S/C9H16N2O2/c1-3-6(2)11-5-7(9(10)13)4-8(11)12/h6-7H,3-5H2,1-2H3,(H2,10,13)/t6-,7-/m0/s1. The molecule has 0 aromatic heterocycles. The number of amides is 2. The van der Waals surface area contributed by atoms with E-state index in [0.29, 0.717) is 13.0 Å². The molecule has 2 N–H and O–H groups in total. The van der Waals surface area contributed by atoms with E-state index in [1.165, 1.54) is 0 Å². The maximum atomic E-state index is 11.4. The van der Waals surface area contributed by atoms with Gasteiger partial charge in [0.05, 0.1) is 5.92 Å². The van der Waals surface area contributed by atoms with Gasteiger partial charge in [0, 0.05) is 19.0 Å². The summed E-state index contributed by atoms with van der Waals surface area (Å²) in [5, 5.41) is 0. The highest BCUT2D eigenvalue weighted by molar-refractivity contribution is 5.88. The number of nitrogens with two attached hydrogens (primary N) is 1. The van der Waals surface area contributed by atoms with Crippen molar-refractivity contribution in [2.75, 3.05) is 6.54 Å².